The minimum atomic E-state index is -3.39. The van der Waals surface area contributed by atoms with Crippen molar-refractivity contribution in [1.29, 1.82) is 0 Å². The van der Waals surface area contributed by atoms with Crippen LogP contribution in [0.4, 0.5) is 0 Å². The lowest BCUT2D eigenvalue weighted by Gasteiger charge is -2.31. The minimum absolute atomic E-state index is 0.0688. The fourth-order valence-corrected chi connectivity index (χ4v) is 4.45. The zero-order valence-corrected chi connectivity index (χ0v) is 14.7. The molecule has 0 amide bonds. The molecular formula is C19H23NO3S. The molecule has 1 saturated heterocycles. The monoisotopic (exact) mass is 345 g/mol. The molecule has 2 aromatic carbocycles. The summed E-state index contributed by atoms with van der Waals surface area (Å²) in [6.07, 6.45) is 2.47. The van der Waals surface area contributed by atoms with Crippen LogP contribution in [-0.2, 0) is 16.4 Å². The first-order valence-corrected chi connectivity index (χ1v) is 9.84. The molecule has 0 atom stereocenters. The molecule has 128 valence electrons. The Bertz CT molecular complexity index is 766. The van der Waals surface area contributed by atoms with Crippen molar-refractivity contribution in [2.75, 3.05) is 13.1 Å². The molecule has 0 N–H and O–H groups in total. The van der Waals surface area contributed by atoms with Gasteiger partial charge in [0.15, 0.2) is 0 Å². The number of ether oxygens (including phenoxy) is 1. The molecule has 3 rings (SSSR count). The lowest BCUT2D eigenvalue weighted by molar-refractivity contribution is 0.135. The van der Waals surface area contributed by atoms with E-state index in [2.05, 4.69) is 19.1 Å². The fourth-order valence-electron chi connectivity index (χ4n) is 2.96. The lowest BCUT2D eigenvalue weighted by Crippen LogP contribution is -2.41. The number of nitrogens with zero attached hydrogens (tertiary/aromatic N) is 1. The Kier molecular flexibility index (Phi) is 5.21. The van der Waals surface area contributed by atoms with Crippen LogP contribution >= 0.6 is 0 Å². The molecule has 2 aromatic rings. The Morgan fingerprint density at radius 2 is 1.75 bits per heavy atom. The van der Waals surface area contributed by atoms with Gasteiger partial charge in [-0.3, -0.25) is 0 Å². The Hall–Kier alpha value is -1.85. The summed E-state index contributed by atoms with van der Waals surface area (Å²) in [5, 5.41) is 0. The van der Waals surface area contributed by atoms with Crippen LogP contribution in [0, 0.1) is 0 Å². The van der Waals surface area contributed by atoms with Crippen LogP contribution in [0.15, 0.2) is 59.5 Å². The summed E-state index contributed by atoms with van der Waals surface area (Å²) in [5.74, 6) is 0.874. The van der Waals surface area contributed by atoms with E-state index in [1.165, 1.54) is 5.56 Å². The predicted molar refractivity (Wildman–Crippen MR) is 94.7 cm³/mol. The molecule has 0 aromatic heterocycles. The van der Waals surface area contributed by atoms with Crippen molar-refractivity contribution < 1.29 is 13.2 Å². The highest BCUT2D eigenvalue weighted by Gasteiger charge is 2.29. The van der Waals surface area contributed by atoms with Gasteiger partial charge in [0.1, 0.15) is 11.9 Å². The van der Waals surface area contributed by atoms with Gasteiger partial charge in [0.05, 0.1) is 4.90 Å². The molecule has 5 heteroatoms. The van der Waals surface area contributed by atoms with Gasteiger partial charge in [-0.05, 0) is 49.1 Å². The van der Waals surface area contributed by atoms with E-state index in [-0.39, 0.29) is 6.10 Å². The maximum absolute atomic E-state index is 12.6. The minimum Gasteiger partial charge on any atom is -0.490 e. The summed E-state index contributed by atoms with van der Waals surface area (Å²) < 4.78 is 32.8. The normalized spacial score (nSPS) is 16.9. The molecule has 0 spiro atoms. The molecule has 0 unspecified atom stereocenters. The van der Waals surface area contributed by atoms with E-state index in [1.54, 1.807) is 28.6 Å². The van der Waals surface area contributed by atoms with E-state index in [4.69, 9.17) is 4.74 Å². The highest BCUT2D eigenvalue weighted by atomic mass is 32.2. The van der Waals surface area contributed by atoms with E-state index in [0.29, 0.717) is 30.8 Å². The van der Waals surface area contributed by atoms with Crippen molar-refractivity contribution in [3.63, 3.8) is 0 Å². The van der Waals surface area contributed by atoms with E-state index >= 15 is 0 Å². The maximum Gasteiger partial charge on any atom is 0.243 e. The fraction of sp³-hybridized carbons (Fsp3) is 0.368. The Balaban J connectivity index is 1.61. The molecule has 4 nitrogen and oxygen atoms in total. The lowest BCUT2D eigenvalue weighted by atomic mass is 10.1. The molecule has 1 aliphatic rings. The third-order valence-electron chi connectivity index (χ3n) is 4.39. The van der Waals surface area contributed by atoms with E-state index in [1.807, 2.05) is 18.2 Å². The third kappa shape index (κ3) is 3.79. The van der Waals surface area contributed by atoms with Gasteiger partial charge in [0.2, 0.25) is 10.0 Å². The van der Waals surface area contributed by atoms with Crippen LogP contribution in [0.5, 0.6) is 5.75 Å². The molecule has 0 saturated carbocycles. The molecule has 1 aliphatic heterocycles. The van der Waals surface area contributed by atoms with Gasteiger partial charge in [0, 0.05) is 13.1 Å². The summed E-state index contributed by atoms with van der Waals surface area (Å²) in [5.41, 5.74) is 1.25. The van der Waals surface area contributed by atoms with Crippen LogP contribution in [0.2, 0.25) is 0 Å². The number of hydrogen-bond acceptors (Lipinski definition) is 3. The van der Waals surface area contributed by atoms with Crippen LogP contribution < -0.4 is 4.74 Å². The standard InChI is InChI=1S/C19H23NO3S/c1-2-16-7-6-8-18(15-16)23-17-11-13-20(14-12-17)24(21,22)19-9-4-3-5-10-19/h3-10,15,17H,2,11-14H2,1H3. The van der Waals surface area contributed by atoms with Gasteiger partial charge in [-0.15, -0.1) is 0 Å². The van der Waals surface area contributed by atoms with E-state index in [9.17, 15) is 8.42 Å². The molecule has 1 heterocycles. The van der Waals surface area contributed by atoms with Crippen molar-refractivity contribution in [2.45, 2.75) is 37.2 Å². The Morgan fingerprint density at radius 1 is 1.04 bits per heavy atom. The zero-order chi connectivity index (χ0) is 17.0. The topological polar surface area (TPSA) is 46.6 Å². The Morgan fingerprint density at radius 3 is 2.42 bits per heavy atom. The summed E-state index contributed by atoms with van der Waals surface area (Å²) in [7, 11) is -3.39. The molecule has 0 radical (unpaired) electrons. The van der Waals surface area contributed by atoms with Crippen LogP contribution in [0.1, 0.15) is 25.3 Å². The third-order valence-corrected chi connectivity index (χ3v) is 6.30. The van der Waals surface area contributed by atoms with Crippen molar-refractivity contribution in [2.24, 2.45) is 0 Å². The van der Waals surface area contributed by atoms with Crippen molar-refractivity contribution in [3.05, 3.63) is 60.2 Å². The number of rotatable bonds is 5. The second kappa shape index (κ2) is 7.36. The van der Waals surface area contributed by atoms with Crippen molar-refractivity contribution in [3.8, 4) is 5.75 Å². The molecule has 0 bridgehead atoms. The predicted octanol–water partition coefficient (Wildman–Crippen LogP) is 3.48. The van der Waals surface area contributed by atoms with Gasteiger partial charge in [0.25, 0.3) is 0 Å². The Labute approximate surface area is 144 Å². The summed E-state index contributed by atoms with van der Waals surface area (Å²) in [6, 6.07) is 16.7. The highest BCUT2D eigenvalue weighted by Crippen LogP contribution is 2.24. The first-order valence-electron chi connectivity index (χ1n) is 8.40. The van der Waals surface area contributed by atoms with Gasteiger partial charge in [-0.1, -0.05) is 37.3 Å². The molecular weight excluding hydrogens is 322 g/mol. The van der Waals surface area contributed by atoms with E-state index in [0.717, 1.165) is 12.2 Å². The van der Waals surface area contributed by atoms with E-state index < -0.39 is 10.0 Å². The van der Waals surface area contributed by atoms with Gasteiger partial charge >= 0.3 is 0 Å². The average molecular weight is 345 g/mol. The molecule has 24 heavy (non-hydrogen) atoms. The van der Waals surface area contributed by atoms with Gasteiger partial charge < -0.3 is 4.74 Å². The number of aryl methyl sites for hydroxylation is 1. The number of hydrogen-bond donors (Lipinski definition) is 0. The number of sulfonamides is 1. The average Bonchev–Trinajstić information content (AvgIpc) is 2.63. The highest BCUT2D eigenvalue weighted by molar-refractivity contribution is 7.89. The van der Waals surface area contributed by atoms with Gasteiger partial charge in [-0.2, -0.15) is 4.31 Å². The summed E-state index contributed by atoms with van der Waals surface area (Å²) in [4.78, 5) is 0.361. The first-order chi connectivity index (χ1) is 11.6. The second-order valence-electron chi connectivity index (χ2n) is 6.04. The van der Waals surface area contributed by atoms with Crippen LogP contribution in [-0.4, -0.2) is 31.9 Å². The number of benzene rings is 2. The summed E-state index contributed by atoms with van der Waals surface area (Å²) >= 11 is 0. The number of piperidine rings is 1. The quantitative estimate of drug-likeness (QED) is 0.833. The largest absolute Gasteiger partial charge is 0.490 e. The zero-order valence-electron chi connectivity index (χ0n) is 13.9. The van der Waals surface area contributed by atoms with Crippen LogP contribution in [0.25, 0.3) is 0 Å². The van der Waals surface area contributed by atoms with Crippen molar-refractivity contribution >= 4 is 10.0 Å². The maximum atomic E-state index is 12.6. The SMILES string of the molecule is CCc1cccc(OC2CCN(S(=O)(=O)c3ccccc3)CC2)c1. The molecule has 1 fully saturated rings. The molecule has 0 aliphatic carbocycles. The second-order valence-corrected chi connectivity index (χ2v) is 7.97. The van der Waals surface area contributed by atoms with Crippen molar-refractivity contribution in [1.82, 2.24) is 4.31 Å². The smallest absolute Gasteiger partial charge is 0.243 e. The van der Waals surface area contributed by atoms with Gasteiger partial charge in [-0.25, -0.2) is 8.42 Å². The van der Waals surface area contributed by atoms with Crippen LogP contribution in [0.3, 0.4) is 0 Å². The summed E-state index contributed by atoms with van der Waals surface area (Å²) in [6.45, 7) is 3.11. The first kappa shape index (κ1) is 17.0.